The smallest absolute Gasteiger partial charge is 0.253 e. The zero-order chi connectivity index (χ0) is 14.3. The molecule has 6 nitrogen and oxygen atoms in total. The summed E-state index contributed by atoms with van der Waals surface area (Å²) in [5.41, 5.74) is 2.78. The molecule has 1 aliphatic heterocycles. The van der Waals surface area contributed by atoms with Gasteiger partial charge in [0.1, 0.15) is 0 Å². The van der Waals surface area contributed by atoms with Crippen molar-refractivity contribution in [2.75, 3.05) is 19.3 Å². The van der Waals surface area contributed by atoms with E-state index in [1.165, 1.54) is 11.8 Å². The molecule has 1 aliphatic rings. The second-order valence-electron chi connectivity index (χ2n) is 4.98. The molecule has 0 bridgehead atoms. The molecule has 20 heavy (non-hydrogen) atoms. The number of amides is 1. The quantitative estimate of drug-likeness (QED) is 0.796. The molecule has 0 N–H and O–H groups in total. The minimum absolute atomic E-state index is 0.175. The zero-order valence-electron chi connectivity index (χ0n) is 11.9. The number of hydrogen-bond donors (Lipinski definition) is 0. The van der Waals surface area contributed by atoms with Crippen molar-refractivity contribution in [3.63, 3.8) is 0 Å². The van der Waals surface area contributed by atoms with E-state index in [-0.39, 0.29) is 5.91 Å². The molecule has 0 saturated carbocycles. The summed E-state index contributed by atoms with van der Waals surface area (Å²) in [6.07, 6.45) is 3.45. The van der Waals surface area contributed by atoms with Gasteiger partial charge in [0.2, 0.25) is 11.1 Å². The van der Waals surface area contributed by atoms with Crippen LogP contribution in [0.5, 0.6) is 0 Å². The Kier molecular flexibility index (Phi) is 3.37. The lowest BCUT2D eigenvalue weighted by Gasteiger charge is -2.31. The van der Waals surface area contributed by atoms with Crippen LogP contribution in [0.4, 0.5) is 0 Å². The highest BCUT2D eigenvalue weighted by molar-refractivity contribution is 7.98. The maximum atomic E-state index is 12.1. The van der Waals surface area contributed by atoms with Gasteiger partial charge in [0.15, 0.2) is 0 Å². The van der Waals surface area contributed by atoms with E-state index in [9.17, 15) is 4.79 Å². The minimum atomic E-state index is 0.175. The Hall–Kier alpha value is -1.63. The van der Waals surface area contributed by atoms with Gasteiger partial charge in [-0.05, 0) is 26.5 Å². The Morgan fingerprint density at radius 1 is 1.30 bits per heavy atom. The van der Waals surface area contributed by atoms with Gasteiger partial charge in [0.05, 0.1) is 6.42 Å². The highest BCUT2D eigenvalue weighted by Crippen LogP contribution is 2.18. The number of rotatable bonds is 3. The minimum Gasteiger partial charge on any atom is -0.342 e. The normalized spacial score (nSPS) is 14.7. The monoisotopic (exact) mass is 291 g/mol. The van der Waals surface area contributed by atoms with Gasteiger partial charge in [-0.3, -0.25) is 4.79 Å². The molecule has 2 aromatic rings. The van der Waals surface area contributed by atoms with Crippen molar-refractivity contribution in [3.8, 4) is 0 Å². The van der Waals surface area contributed by atoms with E-state index in [0.717, 1.165) is 36.5 Å². The first kappa shape index (κ1) is 13.4. The van der Waals surface area contributed by atoms with Gasteiger partial charge in [-0.15, -0.1) is 5.10 Å². The maximum Gasteiger partial charge on any atom is 0.253 e. The third-order valence-corrected chi connectivity index (χ3v) is 4.29. The molecule has 0 aromatic carbocycles. The second-order valence-corrected chi connectivity index (χ2v) is 5.76. The molecular formula is C13H17N5OS. The molecule has 3 heterocycles. The standard InChI is InChI=1S/C13H17N5OS/c1-8-10(7-11(19)17-5-4-6-17)9(2)18-12(14-8)15-13(16-18)20-3/h4-7H2,1-3H3. The zero-order valence-corrected chi connectivity index (χ0v) is 12.7. The van der Waals surface area contributed by atoms with Crippen LogP contribution < -0.4 is 0 Å². The molecule has 0 unspecified atom stereocenters. The average molecular weight is 291 g/mol. The molecule has 1 saturated heterocycles. The van der Waals surface area contributed by atoms with Gasteiger partial charge in [-0.1, -0.05) is 11.8 Å². The molecule has 106 valence electrons. The van der Waals surface area contributed by atoms with Crippen LogP contribution in [0.1, 0.15) is 23.4 Å². The van der Waals surface area contributed by atoms with E-state index in [0.29, 0.717) is 17.4 Å². The first-order chi connectivity index (χ1) is 9.60. The van der Waals surface area contributed by atoms with Gasteiger partial charge in [0, 0.05) is 30.0 Å². The van der Waals surface area contributed by atoms with Crippen molar-refractivity contribution in [3.05, 3.63) is 17.0 Å². The number of aromatic nitrogens is 4. The van der Waals surface area contributed by atoms with E-state index in [1.54, 1.807) is 4.52 Å². The van der Waals surface area contributed by atoms with Crippen LogP contribution in [0.3, 0.4) is 0 Å². The number of nitrogens with zero attached hydrogens (tertiary/aromatic N) is 5. The van der Waals surface area contributed by atoms with Crippen molar-refractivity contribution >= 4 is 23.4 Å². The number of carbonyl (C=O) groups is 1. The fourth-order valence-electron chi connectivity index (χ4n) is 2.36. The molecule has 0 aliphatic carbocycles. The van der Waals surface area contributed by atoms with Gasteiger partial charge in [-0.2, -0.15) is 4.98 Å². The summed E-state index contributed by atoms with van der Waals surface area (Å²) >= 11 is 1.49. The lowest BCUT2D eigenvalue weighted by molar-refractivity contribution is -0.133. The van der Waals surface area contributed by atoms with Crippen LogP contribution in [-0.4, -0.2) is 49.7 Å². The van der Waals surface area contributed by atoms with Crippen LogP contribution in [-0.2, 0) is 11.2 Å². The van der Waals surface area contributed by atoms with Gasteiger partial charge >= 0.3 is 0 Å². The second kappa shape index (κ2) is 5.05. The van der Waals surface area contributed by atoms with Crippen molar-refractivity contribution in [1.29, 1.82) is 0 Å². The highest BCUT2D eigenvalue weighted by atomic mass is 32.2. The molecule has 0 atom stereocenters. The summed E-state index contributed by atoms with van der Waals surface area (Å²) < 4.78 is 1.73. The largest absolute Gasteiger partial charge is 0.342 e. The number of likely N-dealkylation sites (tertiary alicyclic amines) is 1. The summed E-state index contributed by atoms with van der Waals surface area (Å²) in [5.74, 6) is 0.776. The first-order valence-corrected chi connectivity index (χ1v) is 7.87. The number of thioether (sulfide) groups is 1. The van der Waals surface area contributed by atoms with Crippen molar-refractivity contribution in [1.82, 2.24) is 24.5 Å². The topological polar surface area (TPSA) is 63.4 Å². The molecule has 0 spiro atoms. The van der Waals surface area contributed by atoms with Crippen molar-refractivity contribution in [2.24, 2.45) is 0 Å². The summed E-state index contributed by atoms with van der Waals surface area (Å²) in [4.78, 5) is 22.8. The number of hydrogen-bond acceptors (Lipinski definition) is 5. The Morgan fingerprint density at radius 2 is 2.05 bits per heavy atom. The summed E-state index contributed by atoms with van der Waals surface area (Å²) in [6, 6.07) is 0. The molecular weight excluding hydrogens is 274 g/mol. The molecule has 0 radical (unpaired) electrons. The molecule has 3 rings (SSSR count). The van der Waals surface area contributed by atoms with Crippen LogP contribution in [0.25, 0.3) is 5.78 Å². The number of carbonyl (C=O) groups excluding carboxylic acids is 1. The average Bonchev–Trinajstić information content (AvgIpc) is 2.75. The lowest BCUT2D eigenvalue weighted by atomic mass is 10.1. The summed E-state index contributed by atoms with van der Waals surface area (Å²) in [5, 5.41) is 5.10. The van der Waals surface area contributed by atoms with Crippen LogP contribution in [0.15, 0.2) is 5.16 Å². The predicted molar refractivity (Wildman–Crippen MR) is 76.9 cm³/mol. The van der Waals surface area contributed by atoms with Gasteiger partial charge < -0.3 is 4.90 Å². The molecule has 7 heteroatoms. The Labute approximate surface area is 121 Å². The fraction of sp³-hybridized carbons (Fsp3) is 0.538. The predicted octanol–water partition coefficient (Wildman–Crippen LogP) is 1.24. The highest BCUT2D eigenvalue weighted by Gasteiger charge is 2.23. The van der Waals surface area contributed by atoms with E-state index in [1.807, 2.05) is 25.0 Å². The summed E-state index contributed by atoms with van der Waals surface area (Å²) in [7, 11) is 0. The van der Waals surface area contributed by atoms with Gasteiger partial charge in [0.25, 0.3) is 5.78 Å². The Morgan fingerprint density at radius 3 is 2.65 bits per heavy atom. The third-order valence-electron chi connectivity index (χ3n) is 3.75. The first-order valence-electron chi connectivity index (χ1n) is 6.64. The van der Waals surface area contributed by atoms with Gasteiger partial charge in [-0.25, -0.2) is 9.50 Å². The fourth-order valence-corrected chi connectivity index (χ4v) is 2.70. The van der Waals surface area contributed by atoms with Crippen molar-refractivity contribution in [2.45, 2.75) is 31.8 Å². The number of aryl methyl sites for hydroxylation is 2. The summed E-state index contributed by atoms with van der Waals surface area (Å²) in [6.45, 7) is 5.66. The third kappa shape index (κ3) is 2.15. The molecule has 1 fully saturated rings. The van der Waals surface area contributed by atoms with E-state index in [4.69, 9.17) is 0 Å². The SMILES string of the molecule is CSc1nc2nc(C)c(CC(=O)N3CCC3)c(C)n2n1. The number of fused-ring (bicyclic) bond motifs is 1. The molecule has 1 amide bonds. The van der Waals surface area contributed by atoms with Crippen LogP contribution in [0, 0.1) is 13.8 Å². The maximum absolute atomic E-state index is 12.1. The lowest BCUT2D eigenvalue weighted by Crippen LogP contribution is -2.43. The van der Waals surface area contributed by atoms with Crippen LogP contribution in [0.2, 0.25) is 0 Å². The van der Waals surface area contributed by atoms with Crippen molar-refractivity contribution < 1.29 is 4.79 Å². The molecule has 2 aromatic heterocycles. The van der Waals surface area contributed by atoms with E-state index < -0.39 is 0 Å². The Bertz CT molecular complexity index is 677. The Balaban J connectivity index is 1.98. The van der Waals surface area contributed by atoms with Crippen LogP contribution >= 0.6 is 11.8 Å². The van der Waals surface area contributed by atoms with E-state index >= 15 is 0 Å². The van der Waals surface area contributed by atoms with E-state index in [2.05, 4.69) is 15.1 Å².